The van der Waals surface area contributed by atoms with Crippen LogP contribution in [0, 0.1) is 0 Å². The lowest BCUT2D eigenvalue weighted by atomic mass is 10.1. The highest BCUT2D eigenvalue weighted by Gasteiger charge is 2.19. The van der Waals surface area contributed by atoms with Crippen LogP contribution in [0.5, 0.6) is 0 Å². The minimum absolute atomic E-state index is 0.197. The third kappa shape index (κ3) is 3.84. The van der Waals surface area contributed by atoms with Crippen LogP contribution < -0.4 is 5.32 Å². The molecule has 0 spiro atoms. The van der Waals surface area contributed by atoms with Crippen LogP contribution in [0.1, 0.15) is 25.7 Å². The van der Waals surface area contributed by atoms with Crippen LogP contribution in [0.3, 0.4) is 0 Å². The van der Waals surface area contributed by atoms with Crippen molar-refractivity contribution in [3.05, 3.63) is 18.5 Å². The zero-order valence-electron chi connectivity index (χ0n) is 11.0. The number of aryl methyl sites for hydroxylation is 1. The maximum Gasteiger partial charge on any atom is 0.220 e. The first-order valence-corrected chi connectivity index (χ1v) is 6.70. The van der Waals surface area contributed by atoms with Crippen LogP contribution in [0.2, 0.25) is 0 Å². The zero-order valence-corrected chi connectivity index (χ0v) is 11.0. The number of nitrogens with one attached hydrogen (secondary N) is 1. The molecule has 0 aromatic carbocycles. The molecule has 1 atom stereocenters. The van der Waals surface area contributed by atoms with E-state index in [2.05, 4.69) is 22.4 Å². The maximum absolute atomic E-state index is 11.3. The van der Waals surface area contributed by atoms with Crippen molar-refractivity contribution in [2.75, 3.05) is 20.1 Å². The molecule has 100 valence electrons. The molecule has 1 aliphatic heterocycles. The molecular weight excluding hydrogens is 228 g/mol. The fourth-order valence-electron chi connectivity index (χ4n) is 2.45. The Labute approximate surface area is 108 Å². The van der Waals surface area contributed by atoms with Gasteiger partial charge in [-0.25, -0.2) is 0 Å². The Morgan fingerprint density at radius 1 is 1.56 bits per heavy atom. The molecule has 1 fully saturated rings. The van der Waals surface area contributed by atoms with Gasteiger partial charge in [-0.1, -0.05) is 0 Å². The van der Waals surface area contributed by atoms with Gasteiger partial charge in [-0.3, -0.25) is 9.48 Å². The van der Waals surface area contributed by atoms with Crippen molar-refractivity contribution in [1.82, 2.24) is 20.0 Å². The van der Waals surface area contributed by atoms with Crippen LogP contribution in [0.15, 0.2) is 18.5 Å². The number of carbonyl (C=O) groups excluding carboxylic acids is 1. The second-order valence-electron chi connectivity index (χ2n) is 4.93. The molecule has 1 saturated heterocycles. The summed E-state index contributed by atoms with van der Waals surface area (Å²) in [4.78, 5) is 13.7. The summed E-state index contributed by atoms with van der Waals surface area (Å²) in [7, 11) is 2.16. The molecule has 1 N–H and O–H groups in total. The molecule has 1 aliphatic rings. The van der Waals surface area contributed by atoms with Gasteiger partial charge in [-0.2, -0.15) is 5.10 Å². The Morgan fingerprint density at radius 3 is 3.22 bits per heavy atom. The van der Waals surface area contributed by atoms with Gasteiger partial charge in [-0.05, 0) is 38.9 Å². The third-order valence-corrected chi connectivity index (χ3v) is 3.58. The van der Waals surface area contributed by atoms with E-state index >= 15 is 0 Å². The molecular formula is C13H22N4O. The van der Waals surface area contributed by atoms with Crippen molar-refractivity contribution in [3.63, 3.8) is 0 Å². The lowest BCUT2D eigenvalue weighted by molar-refractivity contribution is -0.120. The average molecular weight is 250 g/mol. The Balaban J connectivity index is 1.70. The van der Waals surface area contributed by atoms with Crippen LogP contribution in [-0.2, 0) is 11.3 Å². The van der Waals surface area contributed by atoms with Crippen molar-refractivity contribution >= 4 is 5.91 Å². The van der Waals surface area contributed by atoms with Crippen LogP contribution in [0.4, 0.5) is 0 Å². The van der Waals surface area contributed by atoms with E-state index in [1.54, 1.807) is 0 Å². The number of nitrogens with zero attached hydrogens (tertiary/aromatic N) is 3. The fourth-order valence-corrected chi connectivity index (χ4v) is 2.45. The van der Waals surface area contributed by atoms with Gasteiger partial charge in [-0.15, -0.1) is 0 Å². The summed E-state index contributed by atoms with van der Waals surface area (Å²) in [5.41, 5.74) is 0. The third-order valence-electron chi connectivity index (χ3n) is 3.58. The highest BCUT2D eigenvalue weighted by molar-refractivity contribution is 5.76. The van der Waals surface area contributed by atoms with E-state index in [0.29, 0.717) is 12.5 Å². The smallest absolute Gasteiger partial charge is 0.220 e. The molecule has 2 rings (SSSR count). The van der Waals surface area contributed by atoms with E-state index in [0.717, 1.165) is 38.9 Å². The van der Waals surface area contributed by atoms with Crippen LogP contribution in [-0.4, -0.2) is 46.8 Å². The highest BCUT2D eigenvalue weighted by atomic mass is 16.1. The predicted octanol–water partition coefficient (Wildman–Crippen LogP) is 0.874. The SMILES string of the molecule is CN(CCCn1cccn1)C1CCNC(=O)CC1. The number of amides is 1. The Morgan fingerprint density at radius 2 is 2.44 bits per heavy atom. The summed E-state index contributed by atoms with van der Waals surface area (Å²) in [6, 6.07) is 2.48. The van der Waals surface area contributed by atoms with Crippen molar-refractivity contribution in [3.8, 4) is 0 Å². The lowest BCUT2D eigenvalue weighted by Gasteiger charge is -2.26. The summed E-state index contributed by atoms with van der Waals surface area (Å²) in [6.45, 7) is 2.83. The van der Waals surface area contributed by atoms with E-state index in [4.69, 9.17) is 0 Å². The van der Waals surface area contributed by atoms with Crippen molar-refractivity contribution in [1.29, 1.82) is 0 Å². The molecule has 0 saturated carbocycles. The van der Waals surface area contributed by atoms with Gasteiger partial charge in [0.15, 0.2) is 0 Å². The standard InChI is InChI=1S/C13H22N4O/c1-16(9-3-11-17-10-2-7-15-17)12-4-5-13(18)14-8-6-12/h2,7,10,12H,3-6,8-9,11H2,1H3,(H,14,18). The van der Waals surface area contributed by atoms with Gasteiger partial charge in [0.2, 0.25) is 5.91 Å². The zero-order chi connectivity index (χ0) is 12.8. The number of carbonyl (C=O) groups is 1. The molecule has 5 nitrogen and oxygen atoms in total. The van der Waals surface area contributed by atoms with Crippen molar-refractivity contribution < 1.29 is 4.79 Å². The molecule has 1 aromatic rings. The number of aromatic nitrogens is 2. The number of rotatable bonds is 5. The summed E-state index contributed by atoms with van der Waals surface area (Å²) >= 11 is 0. The topological polar surface area (TPSA) is 50.2 Å². The normalized spacial score (nSPS) is 20.8. The first-order valence-electron chi connectivity index (χ1n) is 6.70. The van der Waals surface area contributed by atoms with E-state index < -0.39 is 0 Å². The van der Waals surface area contributed by atoms with Crippen LogP contribution >= 0.6 is 0 Å². The second-order valence-corrected chi connectivity index (χ2v) is 4.93. The molecule has 18 heavy (non-hydrogen) atoms. The minimum atomic E-state index is 0.197. The summed E-state index contributed by atoms with van der Waals surface area (Å²) < 4.78 is 1.96. The molecule has 0 bridgehead atoms. The van der Waals surface area contributed by atoms with Gasteiger partial charge >= 0.3 is 0 Å². The van der Waals surface area contributed by atoms with Gasteiger partial charge in [0.05, 0.1) is 0 Å². The Kier molecular flexibility index (Phi) is 4.75. The first-order chi connectivity index (χ1) is 8.75. The van der Waals surface area contributed by atoms with Crippen LogP contribution in [0.25, 0.3) is 0 Å². The molecule has 5 heteroatoms. The Hall–Kier alpha value is -1.36. The molecule has 1 amide bonds. The molecule has 1 aromatic heterocycles. The fraction of sp³-hybridized carbons (Fsp3) is 0.692. The van der Waals surface area contributed by atoms with Gasteiger partial charge in [0, 0.05) is 37.9 Å². The minimum Gasteiger partial charge on any atom is -0.356 e. The predicted molar refractivity (Wildman–Crippen MR) is 70.1 cm³/mol. The molecule has 2 heterocycles. The van der Waals surface area contributed by atoms with Gasteiger partial charge in [0.25, 0.3) is 0 Å². The Bertz CT molecular complexity index is 363. The van der Waals surface area contributed by atoms with Gasteiger partial charge in [0.1, 0.15) is 0 Å². The largest absolute Gasteiger partial charge is 0.356 e. The number of hydrogen-bond donors (Lipinski definition) is 1. The quantitative estimate of drug-likeness (QED) is 0.844. The van der Waals surface area contributed by atoms with E-state index in [-0.39, 0.29) is 5.91 Å². The van der Waals surface area contributed by atoms with E-state index in [1.165, 1.54) is 0 Å². The van der Waals surface area contributed by atoms with E-state index in [1.807, 2.05) is 23.1 Å². The summed E-state index contributed by atoms with van der Waals surface area (Å²) in [6.07, 6.45) is 7.60. The molecule has 0 aliphatic carbocycles. The highest BCUT2D eigenvalue weighted by Crippen LogP contribution is 2.12. The van der Waals surface area contributed by atoms with Gasteiger partial charge < -0.3 is 10.2 Å². The van der Waals surface area contributed by atoms with Crippen molar-refractivity contribution in [2.24, 2.45) is 0 Å². The monoisotopic (exact) mass is 250 g/mol. The number of hydrogen-bond acceptors (Lipinski definition) is 3. The summed E-state index contributed by atoms with van der Waals surface area (Å²) in [5.74, 6) is 0.197. The lowest BCUT2D eigenvalue weighted by Crippen LogP contribution is -2.33. The molecule has 1 unspecified atom stereocenters. The molecule has 0 radical (unpaired) electrons. The van der Waals surface area contributed by atoms with Crippen molar-refractivity contribution in [2.45, 2.75) is 38.3 Å². The second kappa shape index (κ2) is 6.54. The first kappa shape index (κ1) is 13.1. The van der Waals surface area contributed by atoms with E-state index in [9.17, 15) is 4.79 Å². The maximum atomic E-state index is 11.3. The average Bonchev–Trinajstić information content (AvgIpc) is 2.77. The summed E-state index contributed by atoms with van der Waals surface area (Å²) in [5, 5.41) is 7.12.